The van der Waals surface area contributed by atoms with Crippen LogP contribution in [0.2, 0.25) is 0 Å². The maximum Gasteiger partial charge on any atom is 0.213 e. The summed E-state index contributed by atoms with van der Waals surface area (Å²) in [5.74, 6) is 0.606. The third-order valence-electron chi connectivity index (χ3n) is 12.3. The van der Waals surface area contributed by atoms with Gasteiger partial charge in [0.05, 0.1) is 33.4 Å². The number of ether oxygens (including phenoxy) is 1. The molecule has 0 spiro atoms. The Kier molecular flexibility index (Phi) is 6.73. The second-order valence-electron chi connectivity index (χ2n) is 15.5. The molecule has 60 heavy (non-hydrogen) atoms. The van der Waals surface area contributed by atoms with Crippen LogP contribution in [0.3, 0.4) is 0 Å². The predicted octanol–water partition coefficient (Wildman–Crippen LogP) is 13.2. The lowest BCUT2D eigenvalue weighted by Crippen LogP contribution is -2.12. The maximum atomic E-state index is 14.4. The summed E-state index contributed by atoms with van der Waals surface area (Å²) in [6.07, 6.45) is 1.79. The number of hydrogen-bond donors (Lipinski definition) is 0. The van der Waals surface area contributed by atoms with E-state index in [1.165, 1.54) is 10.8 Å². The molecule has 282 valence electrons. The minimum absolute atomic E-state index is 0.136. The number of fused-ring (bicyclic) bond motifs is 16. The molecule has 0 unspecified atom stereocenters. The Morgan fingerprint density at radius 1 is 0.417 bits per heavy atom. The number of nitrogens with zero attached hydrogens (tertiary/aromatic N) is 3. The van der Waals surface area contributed by atoms with Crippen LogP contribution in [-0.4, -0.2) is 22.5 Å². The SMILES string of the molecule is O=S1(=O)c2ccccc2Oc2cc3c(cc21)-c1cccc(-n2c4ccccc4c4cc(-n5c6ccccc6c6ccccc65)ccc42)c1-c1ccccc1-c1cccnc1-3. The highest BCUT2D eigenvalue weighted by Gasteiger charge is 2.35. The van der Waals surface area contributed by atoms with E-state index in [-0.39, 0.29) is 15.5 Å². The summed E-state index contributed by atoms with van der Waals surface area (Å²) in [5.41, 5.74) is 13.7. The van der Waals surface area contributed by atoms with E-state index in [9.17, 15) is 8.42 Å². The van der Waals surface area contributed by atoms with Gasteiger partial charge in [0.2, 0.25) is 9.84 Å². The smallest absolute Gasteiger partial charge is 0.213 e. The Labute approximate surface area is 344 Å². The van der Waals surface area contributed by atoms with Gasteiger partial charge < -0.3 is 13.9 Å². The summed E-state index contributed by atoms with van der Waals surface area (Å²) in [5, 5.41) is 4.71. The van der Waals surface area contributed by atoms with Crippen molar-refractivity contribution in [2.45, 2.75) is 9.79 Å². The molecule has 0 radical (unpaired) electrons. The first-order valence-electron chi connectivity index (χ1n) is 20.0. The van der Waals surface area contributed by atoms with Crippen LogP contribution in [0.15, 0.2) is 198 Å². The highest BCUT2D eigenvalue weighted by atomic mass is 32.2. The first-order valence-corrected chi connectivity index (χ1v) is 21.4. The lowest BCUT2D eigenvalue weighted by atomic mass is 9.82. The monoisotopic (exact) mass is 789 g/mol. The van der Waals surface area contributed by atoms with E-state index in [1.807, 2.05) is 12.1 Å². The molecule has 0 atom stereocenters. The molecular weight excluding hydrogens is 759 g/mol. The van der Waals surface area contributed by atoms with Gasteiger partial charge in [-0.25, -0.2) is 8.42 Å². The van der Waals surface area contributed by atoms with Gasteiger partial charge in [-0.05, 0) is 95.1 Å². The first kappa shape index (κ1) is 33.3. The molecule has 11 aromatic rings. The quantitative estimate of drug-likeness (QED) is 0.175. The fourth-order valence-corrected chi connectivity index (χ4v) is 11.3. The average molecular weight is 790 g/mol. The van der Waals surface area contributed by atoms with Crippen molar-refractivity contribution in [3.63, 3.8) is 0 Å². The molecule has 7 heteroatoms. The van der Waals surface area contributed by atoms with Crippen LogP contribution in [0.4, 0.5) is 0 Å². The van der Waals surface area contributed by atoms with Crippen LogP contribution in [0, 0.1) is 0 Å². The largest absolute Gasteiger partial charge is 0.455 e. The summed E-state index contributed by atoms with van der Waals surface area (Å²) in [6.45, 7) is 0. The van der Waals surface area contributed by atoms with Crippen LogP contribution in [0.25, 0.3) is 99.6 Å². The molecule has 0 fully saturated rings. The minimum atomic E-state index is -3.91. The summed E-state index contributed by atoms with van der Waals surface area (Å²) in [7, 11) is -3.91. The van der Waals surface area contributed by atoms with Crippen molar-refractivity contribution in [2.75, 3.05) is 0 Å². The van der Waals surface area contributed by atoms with E-state index in [4.69, 9.17) is 9.72 Å². The van der Waals surface area contributed by atoms with Gasteiger partial charge in [-0.2, -0.15) is 0 Å². The topological polar surface area (TPSA) is 66.1 Å². The predicted molar refractivity (Wildman–Crippen MR) is 240 cm³/mol. The molecule has 4 heterocycles. The van der Waals surface area contributed by atoms with Crippen LogP contribution in [-0.2, 0) is 9.84 Å². The first-order chi connectivity index (χ1) is 29.5. The van der Waals surface area contributed by atoms with E-state index >= 15 is 0 Å². The van der Waals surface area contributed by atoms with Crippen molar-refractivity contribution in [2.24, 2.45) is 0 Å². The molecule has 3 aromatic heterocycles. The highest BCUT2D eigenvalue weighted by Crippen LogP contribution is 2.53. The second kappa shape index (κ2) is 12.1. The van der Waals surface area contributed by atoms with Crippen LogP contribution in [0.1, 0.15) is 0 Å². The van der Waals surface area contributed by atoms with Crippen molar-refractivity contribution < 1.29 is 13.2 Å². The molecule has 8 aromatic carbocycles. The highest BCUT2D eigenvalue weighted by molar-refractivity contribution is 7.91. The van der Waals surface area contributed by atoms with E-state index in [0.29, 0.717) is 5.75 Å². The van der Waals surface area contributed by atoms with Crippen molar-refractivity contribution in [1.29, 1.82) is 0 Å². The van der Waals surface area contributed by atoms with Crippen molar-refractivity contribution in [3.8, 4) is 67.5 Å². The zero-order valence-electron chi connectivity index (χ0n) is 31.9. The molecular formula is C53H31N3O3S. The molecule has 0 saturated heterocycles. The molecule has 6 nitrogen and oxygen atoms in total. The number of benzene rings is 8. The third-order valence-corrected chi connectivity index (χ3v) is 14.2. The van der Waals surface area contributed by atoms with E-state index < -0.39 is 9.84 Å². The van der Waals surface area contributed by atoms with Crippen molar-refractivity contribution >= 4 is 53.4 Å². The van der Waals surface area contributed by atoms with Crippen LogP contribution in [0.5, 0.6) is 11.5 Å². The van der Waals surface area contributed by atoms with Gasteiger partial charge in [-0.3, -0.25) is 4.98 Å². The molecule has 1 aliphatic heterocycles. The molecule has 0 amide bonds. The number of aromatic nitrogens is 3. The summed E-state index contributed by atoms with van der Waals surface area (Å²) < 4.78 is 39.9. The molecule has 0 saturated carbocycles. The standard InChI is InChI=1S/C53H31N3O3S/c57-60(58)50-25-10-9-24-48(50)59-49-30-42-40(31-51(49)60)38-18-11-23-47(52(38)37-17-2-1-13-33(37)39-19-12-28-54-53(39)42)56-45-22-8-5-16-36(45)41-29-32(26-27-46(41)56)55-43-20-6-3-14-34(43)35-15-4-7-21-44(35)55/h1-31H. The van der Waals surface area contributed by atoms with Crippen LogP contribution < -0.4 is 4.74 Å². The second-order valence-corrected chi connectivity index (χ2v) is 17.4. The Morgan fingerprint density at radius 2 is 1.03 bits per heavy atom. The van der Waals surface area contributed by atoms with Gasteiger partial charge in [0.15, 0.2) is 0 Å². The minimum Gasteiger partial charge on any atom is -0.455 e. The van der Waals surface area contributed by atoms with E-state index in [0.717, 1.165) is 88.9 Å². The van der Waals surface area contributed by atoms with Gasteiger partial charge >= 0.3 is 0 Å². The zero-order valence-corrected chi connectivity index (χ0v) is 32.7. The molecule has 2 aliphatic rings. The lowest BCUT2D eigenvalue weighted by molar-refractivity contribution is 0.443. The Morgan fingerprint density at radius 3 is 1.82 bits per heavy atom. The number of rotatable bonds is 2. The van der Waals surface area contributed by atoms with Gasteiger partial charge in [0.1, 0.15) is 21.3 Å². The Balaban J connectivity index is 1.12. The molecule has 0 bridgehead atoms. The summed E-state index contributed by atoms with van der Waals surface area (Å²) >= 11 is 0. The van der Waals surface area contributed by atoms with E-state index in [2.05, 4.69) is 149 Å². The Bertz CT molecular complexity index is 3730. The fraction of sp³-hybridized carbons (Fsp3) is 0. The summed E-state index contributed by atoms with van der Waals surface area (Å²) in [6, 6.07) is 62.0. The number of hydrogen-bond acceptors (Lipinski definition) is 4. The molecule has 13 rings (SSSR count). The maximum absolute atomic E-state index is 14.4. The fourth-order valence-electron chi connectivity index (χ4n) is 9.83. The average Bonchev–Trinajstić information content (AvgIpc) is 3.81. The van der Waals surface area contributed by atoms with Crippen molar-refractivity contribution in [1.82, 2.24) is 14.1 Å². The van der Waals surface area contributed by atoms with Gasteiger partial charge in [0, 0.05) is 50.1 Å². The number of sulfone groups is 1. The number of para-hydroxylation sites is 4. The Hall–Kier alpha value is -7.74. The van der Waals surface area contributed by atoms with Gasteiger partial charge in [-0.15, -0.1) is 0 Å². The van der Waals surface area contributed by atoms with Crippen LogP contribution >= 0.6 is 0 Å². The van der Waals surface area contributed by atoms with Gasteiger partial charge in [0.25, 0.3) is 0 Å². The third kappa shape index (κ3) is 4.47. The lowest BCUT2D eigenvalue weighted by Gasteiger charge is -2.27. The van der Waals surface area contributed by atoms with Crippen molar-refractivity contribution in [3.05, 3.63) is 188 Å². The summed E-state index contributed by atoms with van der Waals surface area (Å²) in [4.78, 5) is 5.27. The molecule has 0 N–H and O–H groups in total. The number of pyridine rings is 1. The normalized spacial score (nSPS) is 13.4. The zero-order chi connectivity index (χ0) is 39.7. The molecule has 1 aliphatic carbocycles. The van der Waals surface area contributed by atoms with E-state index in [1.54, 1.807) is 36.5 Å². The van der Waals surface area contributed by atoms with Gasteiger partial charge in [-0.1, -0.05) is 109 Å².